The van der Waals surface area contributed by atoms with Crippen molar-refractivity contribution in [2.45, 2.75) is 6.04 Å². The molecule has 0 spiro atoms. The average molecular weight is 416 g/mol. The number of H-pyrrole nitrogens is 1. The first kappa shape index (κ1) is 17.4. The maximum Gasteiger partial charge on any atom is 0.325 e. The number of carbonyl (C=O) groups is 1. The van der Waals surface area contributed by atoms with Crippen LogP contribution in [0.2, 0.25) is 0 Å². The van der Waals surface area contributed by atoms with Crippen molar-refractivity contribution in [1.29, 1.82) is 0 Å². The number of aromatic nitrogens is 1. The largest absolute Gasteiger partial charge is 0.480 e. The molecule has 0 aliphatic carbocycles. The Morgan fingerprint density at radius 1 is 1.29 bits per heavy atom. The van der Waals surface area contributed by atoms with Crippen LogP contribution in [0.4, 0.5) is 0 Å². The quantitative estimate of drug-likeness (QED) is 0.791. The van der Waals surface area contributed by atoms with Crippen LogP contribution < -0.4 is 0 Å². The van der Waals surface area contributed by atoms with E-state index in [0.717, 1.165) is 15.4 Å². The van der Waals surface area contributed by atoms with Crippen molar-refractivity contribution < 1.29 is 18.3 Å². The monoisotopic (exact) mass is 415 g/mol. The van der Waals surface area contributed by atoms with E-state index in [9.17, 15) is 18.3 Å². The molecule has 2 aromatic rings. The zero-order valence-electron chi connectivity index (χ0n) is 13.1. The number of aliphatic carboxylic acids is 1. The molecule has 2 heterocycles. The number of aromatic amines is 1. The third-order valence-corrected chi connectivity index (χ3v) is 6.11. The Morgan fingerprint density at radius 2 is 1.96 bits per heavy atom. The minimum absolute atomic E-state index is 0.300. The van der Waals surface area contributed by atoms with Crippen molar-refractivity contribution in [2.75, 3.05) is 32.4 Å². The van der Waals surface area contributed by atoms with Crippen LogP contribution in [0, 0.1) is 0 Å². The Bertz CT molecular complexity index is 872. The van der Waals surface area contributed by atoms with Gasteiger partial charge in [0.05, 0.1) is 6.26 Å². The highest BCUT2D eigenvalue weighted by molar-refractivity contribution is 9.10. The normalized spacial score (nSPS) is 18.8. The van der Waals surface area contributed by atoms with E-state index in [2.05, 4.69) is 20.9 Å². The number of rotatable bonds is 4. The number of carboxylic acids is 1. The van der Waals surface area contributed by atoms with Crippen molar-refractivity contribution in [3.05, 3.63) is 34.4 Å². The van der Waals surface area contributed by atoms with Crippen LogP contribution in [0.25, 0.3) is 10.9 Å². The fraction of sp³-hybridized carbons (Fsp3) is 0.400. The van der Waals surface area contributed by atoms with Gasteiger partial charge in [-0.1, -0.05) is 15.9 Å². The lowest BCUT2D eigenvalue weighted by Crippen LogP contribution is -2.50. The number of nitrogens with one attached hydrogen (secondary N) is 1. The van der Waals surface area contributed by atoms with Crippen molar-refractivity contribution >= 4 is 42.8 Å². The molecule has 130 valence electrons. The number of hydrogen-bond acceptors (Lipinski definition) is 4. The smallest absolute Gasteiger partial charge is 0.325 e. The van der Waals surface area contributed by atoms with Gasteiger partial charge in [0, 0.05) is 53.3 Å². The van der Waals surface area contributed by atoms with Gasteiger partial charge in [0.25, 0.3) is 0 Å². The van der Waals surface area contributed by atoms with E-state index in [4.69, 9.17) is 0 Å². The number of hydrogen-bond donors (Lipinski definition) is 2. The van der Waals surface area contributed by atoms with E-state index < -0.39 is 22.0 Å². The number of halogens is 1. The van der Waals surface area contributed by atoms with Gasteiger partial charge in [0.15, 0.2) is 0 Å². The minimum Gasteiger partial charge on any atom is -0.480 e. The topological polar surface area (TPSA) is 93.7 Å². The van der Waals surface area contributed by atoms with Crippen LogP contribution >= 0.6 is 15.9 Å². The summed E-state index contributed by atoms with van der Waals surface area (Å²) in [5.41, 5.74) is 1.56. The Labute approximate surface area is 148 Å². The molecule has 1 aromatic carbocycles. The molecule has 1 atom stereocenters. The Kier molecular flexibility index (Phi) is 4.69. The van der Waals surface area contributed by atoms with Crippen molar-refractivity contribution in [3.63, 3.8) is 0 Å². The number of nitrogens with zero attached hydrogens (tertiary/aromatic N) is 2. The highest BCUT2D eigenvalue weighted by Crippen LogP contribution is 2.31. The standard InChI is InChI=1S/C15H18BrN3O4S/c1-24(22,23)19-6-4-18(5-7-19)14(15(20)21)12-9-17-13-3-2-10(16)8-11(12)13/h2-3,8-9,14,17H,4-7H2,1H3,(H,20,21)/t14-/m1/s1. The fourth-order valence-electron chi connectivity index (χ4n) is 3.12. The second-order valence-corrected chi connectivity index (χ2v) is 8.77. The number of fused-ring (bicyclic) bond motifs is 1. The van der Waals surface area contributed by atoms with Crippen LogP contribution in [-0.4, -0.2) is 66.1 Å². The molecule has 24 heavy (non-hydrogen) atoms. The van der Waals surface area contributed by atoms with Crippen LogP contribution in [0.15, 0.2) is 28.9 Å². The van der Waals surface area contributed by atoms with E-state index in [0.29, 0.717) is 31.7 Å². The minimum atomic E-state index is -3.24. The SMILES string of the molecule is CS(=O)(=O)N1CCN([C@@H](C(=O)O)c2c[nH]c3ccc(Br)cc23)CC1. The summed E-state index contributed by atoms with van der Waals surface area (Å²) < 4.78 is 25.5. The lowest BCUT2D eigenvalue weighted by atomic mass is 10.0. The molecule has 7 nitrogen and oxygen atoms in total. The molecule has 1 aliphatic heterocycles. The van der Waals surface area contributed by atoms with Crippen LogP contribution in [-0.2, 0) is 14.8 Å². The molecule has 0 unspecified atom stereocenters. The zero-order chi connectivity index (χ0) is 17.5. The molecule has 1 aromatic heterocycles. The summed E-state index contributed by atoms with van der Waals surface area (Å²) in [5.74, 6) is -0.941. The predicted octanol–water partition coefficient (Wildman–Crippen LogP) is 1.63. The van der Waals surface area contributed by atoms with Crippen molar-refractivity contribution in [1.82, 2.24) is 14.2 Å². The molecule has 1 saturated heterocycles. The van der Waals surface area contributed by atoms with Gasteiger partial charge in [0.2, 0.25) is 10.0 Å². The van der Waals surface area contributed by atoms with E-state index >= 15 is 0 Å². The summed E-state index contributed by atoms with van der Waals surface area (Å²) in [4.78, 5) is 16.8. The lowest BCUT2D eigenvalue weighted by molar-refractivity contribution is -0.144. The van der Waals surface area contributed by atoms with Crippen molar-refractivity contribution in [3.8, 4) is 0 Å². The van der Waals surface area contributed by atoms with Crippen LogP contribution in [0.5, 0.6) is 0 Å². The molecule has 9 heteroatoms. The summed E-state index contributed by atoms with van der Waals surface area (Å²) in [6, 6.07) is 4.87. The second-order valence-electron chi connectivity index (χ2n) is 5.87. The summed E-state index contributed by atoms with van der Waals surface area (Å²) in [6.45, 7) is 1.36. The number of piperazine rings is 1. The van der Waals surface area contributed by atoms with E-state index in [-0.39, 0.29) is 0 Å². The van der Waals surface area contributed by atoms with Gasteiger partial charge in [0.1, 0.15) is 6.04 Å². The number of benzene rings is 1. The van der Waals surface area contributed by atoms with Gasteiger partial charge < -0.3 is 10.1 Å². The summed E-state index contributed by atoms with van der Waals surface area (Å²) >= 11 is 3.41. The Morgan fingerprint density at radius 3 is 2.54 bits per heavy atom. The Balaban J connectivity index is 1.91. The van der Waals surface area contributed by atoms with Gasteiger partial charge >= 0.3 is 5.97 Å². The second kappa shape index (κ2) is 6.47. The highest BCUT2D eigenvalue weighted by atomic mass is 79.9. The van der Waals surface area contributed by atoms with E-state index in [1.165, 1.54) is 10.6 Å². The van der Waals surface area contributed by atoms with Gasteiger partial charge in [-0.3, -0.25) is 9.69 Å². The first-order valence-corrected chi connectivity index (χ1v) is 10.1. The highest BCUT2D eigenvalue weighted by Gasteiger charge is 2.33. The summed E-state index contributed by atoms with van der Waals surface area (Å²) in [7, 11) is -3.24. The molecular formula is C15H18BrN3O4S. The molecular weight excluding hydrogens is 398 g/mol. The average Bonchev–Trinajstić information content (AvgIpc) is 2.90. The third-order valence-electron chi connectivity index (χ3n) is 4.31. The maximum atomic E-state index is 11.9. The maximum absolute atomic E-state index is 11.9. The van der Waals surface area contributed by atoms with Gasteiger partial charge in [-0.2, -0.15) is 4.31 Å². The summed E-state index contributed by atoms with van der Waals surface area (Å²) in [5, 5.41) is 10.6. The van der Waals surface area contributed by atoms with Crippen LogP contribution in [0.1, 0.15) is 11.6 Å². The molecule has 3 rings (SSSR count). The molecule has 2 N–H and O–H groups in total. The van der Waals surface area contributed by atoms with Gasteiger partial charge in [-0.25, -0.2) is 8.42 Å². The number of carboxylic acid groups (broad SMARTS) is 1. The molecule has 1 fully saturated rings. The van der Waals surface area contributed by atoms with Crippen LogP contribution in [0.3, 0.4) is 0 Å². The first-order chi connectivity index (χ1) is 11.3. The number of sulfonamides is 1. The summed E-state index contributed by atoms with van der Waals surface area (Å²) in [6.07, 6.45) is 2.90. The molecule has 1 aliphatic rings. The van der Waals surface area contributed by atoms with Gasteiger partial charge in [-0.15, -0.1) is 0 Å². The Hall–Kier alpha value is -1.42. The van der Waals surface area contributed by atoms with Crippen molar-refractivity contribution in [2.24, 2.45) is 0 Å². The molecule has 0 bridgehead atoms. The first-order valence-electron chi connectivity index (χ1n) is 7.46. The third kappa shape index (κ3) is 3.34. The fourth-order valence-corrected chi connectivity index (χ4v) is 4.31. The lowest BCUT2D eigenvalue weighted by Gasteiger charge is -2.36. The van der Waals surface area contributed by atoms with Gasteiger partial charge in [-0.05, 0) is 18.2 Å². The van der Waals surface area contributed by atoms with E-state index in [1.807, 2.05) is 23.1 Å². The zero-order valence-corrected chi connectivity index (χ0v) is 15.5. The molecule has 0 amide bonds. The predicted molar refractivity (Wildman–Crippen MR) is 94.4 cm³/mol. The molecule has 0 radical (unpaired) electrons. The molecule has 0 saturated carbocycles. The van der Waals surface area contributed by atoms with E-state index in [1.54, 1.807) is 6.20 Å².